The molecule has 0 spiro atoms. The third-order valence-electron chi connectivity index (χ3n) is 6.22. The normalized spacial score (nSPS) is 11.2. The van der Waals surface area contributed by atoms with E-state index in [1.54, 1.807) is 48.5 Å². The average Bonchev–Trinajstić information content (AvgIpc) is 3.45. The van der Waals surface area contributed by atoms with Gasteiger partial charge >= 0.3 is 0 Å². The first-order valence-electron chi connectivity index (χ1n) is 13.0. The summed E-state index contributed by atoms with van der Waals surface area (Å²) in [4.78, 5) is 42.7. The first-order valence-corrected chi connectivity index (χ1v) is 14.0. The van der Waals surface area contributed by atoms with Gasteiger partial charge in [0.2, 0.25) is 5.91 Å². The molecule has 41 heavy (non-hydrogen) atoms. The number of aromatic nitrogens is 1. The Morgan fingerprint density at radius 2 is 1.59 bits per heavy atom. The summed E-state index contributed by atoms with van der Waals surface area (Å²) in [5.74, 6) is -0.784. The van der Waals surface area contributed by atoms with Gasteiger partial charge < -0.3 is 20.9 Å². The van der Waals surface area contributed by atoms with E-state index in [1.165, 1.54) is 11.8 Å². The molecule has 4 N–H and O–H groups in total. The zero-order valence-electron chi connectivity index (χ0n) is 22.3. The van der Waals surface area contributed by atoms with Crippen LogP contribution in [0.15, 0.2) is 120 Å². The minimum atomic E-state index is -0.463. The molecule has 0 unspecified atom stereocenters. The number of nitrogens with one attached hydrogen (secondary N) is 4. The maximum absolute atomic E-state index is 13.3. The molecule has 0 aliphatic rings. The van der Waals surface area contributed by atoms with Gasteiger partial charge in [-0.1, -0.05) is 60.2 Å². The smallest absolute Gasteiger partial charge is 0.272 e. The van der Waals surface area contributed by atoms with Gasteiger partial charge in [0, 0.05) is 33.5 Å². The van der Waals surface area contributed by atoms with E-state index in [4.69, 9.17) is 0 Å². The van der Waals surface area contributed by atoms with Crippen LogP contribution in [0.1, 0.15) is 21.5 Å². The van der Waals surface area contributed by atoms with E-state index in [2.05, 4.69) is 20.9 Å². The molecule has 204 valence electrons. The van der Waals surface area contributed by atoms with E-state index in [9.17, 15) is 14.4 Å². The molecule has 1 heterocycles. The van der Waals surface area contributed by atoms with Crippen molar-refractivity contribution in [1.82, 2.24) is 10.3 Å². The third kappa shape index (κ3) is 7.52. The fraction of sp³-hybridized carbons (Fsp3) is 0.0606. The highest BCUT2D eigenvalue weighted by molar-refractivity contribution is 8.00. The van der Waals surface area contributed by atoms with Crippen molar-refractivity contribution >= 4 is 57.8 Å². The van der Waals surface area contributed by atoms with Gasteiger partial charge in [0.1, 0.15) is 5.70 Å². The predicted molar refractivity (Wildman–Crippen MR) is 166 cm³/mol. The summed E-state index contributed by atoms with van der Waals surface area (Å²) in [5.41, 5.74) is 4.64. The number of H-pyrrole nitrogens is 1. The number of rotatable bonds is 9. The lowest BCUT2D eigenvalue weighted by Gasteiger charge is -2.12. The number of thioether (sulfide) groups is 1. The van der Waals surface area contributed by atoms with Crippen molar-refractivity contribution in [3.8, 4) is 0 Å². The zero-order chi connectivity index (χ0) is 28.6. The highest BCUT2D eigenvalue weighted by atomic mass is 32.2. The third-order valence-corrected chi connectivity index (χ3v) is 7.21. The average molecular weight is 561 g/mol. The largest absolute Gasteiger partial charge is 0.361 e. The molecule has 0 aliphatic carbocycles. The molecule has 5 rings (SSSR count). The summed E-state index contributed by atoms with van der Waals surface area (Å²) in [6.07, 6.45) is 3.50. The summed E-state index contributed by atoms with van der Waals surface area (Å²) in [6.45, 7) is 1.98. The summed E-state index contributed by atoms with van der Waals surface area (Å²) < 4.78 is 0. The molecule has 4 aromatic carbocycles. The summed E-state index contributed by atoms with van der Waals surface area (Å²) in [6, 6.07) is 31.3. The number of benzene rings is 4. The van der Waals surface area contributed by atoms with Gasteiger partial charge in [-0.25, -0.2) is 0 Å². The maximum atomic E-state index is 13.3. The second-order valence-electron chi connectivity index (χ2n) is 9.39. The molecule has 0 bridgehead atoms. The fourth-order valence-corrected chi connectivity index (χ4v) is 4.86. The number of hydrogen-bond donors (Lipinski definition) is 4. The molecule has 5 aromatic rings. The van der Waals surface area contributed by atoms with Gasteiger partial charge in [0.15, 0.2) is 0 Å². The van der Waals surface area contributed by atoms with E-state index in [0.717, 1.165) is 32.6 Å². The van der Waals surface area contributed by atoms with Gasteiger partial charge in [0.25, 0.3) is 11.8 Å². The fourth-order valence-electron chi connectivity index (χ4n) is 4.11. The molecule has 3 amide bonds. The van der Waals surface area contributed by atoms with E-state index in [1.807, 2.05) is 73.8 Å². The minimum Gasteiger partial charge on any atom is -0.361 e. The number of fused-ring (bicyclic) bond motifs is 1. The predicted octanol–water partition coefficient (Wildman–Crippen LogP) is 6.62. The van der Waals surface area contributed by atoms with Crippen LogP contribution >= 0.6 is 11.8 Å². The van der Waals surface area contributed by atoms with Crippen LogP contribution in [-0.2, 0) is 9.59 Å². The van der Waals surface area contributed by atoms with Crippen molar-refractivity contribution in [2.24, 2.45) is 0 Å². The summed E-state index contributed by atoms with van der Waals surface area (Å²) in [5, 5.41) is 9.62. The number of anilines is 2. The SMILES string of the molecule is Cc1ccc(/C=C(\NC(=O)c2ccccc2)C(=O)Nc2cccc(SCC(=O)Nc3ccc4cc[nH]c4c3)c2)cc1. The van der Waals surface area contributed by atoms with Crippen molar-refractivity contribution in [3.05, 3.63) is 132 Å². The number of carbonyl (C=O) groups is 3. The van der Waals surface area contributed by atoms with Crippen molar-refractivity contribution in [3.63, 3.8) is 0 Å². The molecule has 8 heteroatoms. The van der Waals surface area contributed by atoms with Crippen molar-refractivity contribution < 1.29 is 14.4 Å². The Bertz CT molecular complexity index is 1730. The van der Waals surface area contributed by atoms with Crippen LogP contribution in [0.4, 0.5) is 11.4 Å². The van der Waals surface area contributed by atoms with Gasteiger partial charge in [-0.05, 0) is 72.5 Å². The molecule has 0 saturated carbocycles. The first kappa shape index (κ1) is 27.5. The number of carbonyl (C=O) groups excluding carboxylic acids is 3. The van der Waals surface area contributed by atoms with E-state index in [0.29, 0.717) is 11.3 Å². The van der Waals surface area contributed by atoms with Gasteiger partial charge in [0.05, 0.1) is 5.75 Å². The molecule has 0 atom stereocenters. The Labute approximate surface area is 242 Å². The van der Waals surface area contributed by atoms with Crippen LogP contribution in [0.3, 0.4) is 0 Å². The number of aryl methyl sites for hydroxylation is 1. The lowest BCUT2D eigenvalue weighted by Crippen LogP contribution is -2.30. The Morgan fingerprint density at radius 3 is 2.39 bits per heavy atom. The number of hydrogen-bond acceptors (Lipinski definition) is 4. The quantitative estimate of drug-likeness (QED) is 0.120. The molecule has 0 radical (unpaired) electrons. The molecule has 0 fully saturated rings. The second-order valence-corrected chi connectivity index (χ2v) is 10.4. The lowest BCUT2D eigenvalue weighted by molar-refractivity contribution is -0.114. The highest BCUT2D eigenvalue weighted by Gasteiger charge is 2.15. The van der Waals surface area contributed by atoms with Crippen molar-refractivity contribution in [2.45, 2.75) is 11.8 Å². The van der Waals surface area contributed by atoms with Crippen LogP contribution in [-0.4, -0.2) is 28.5 Å². The van der Waals surface area contributed by atoms with Crippen molar-refractivity contribution in [1.29, 1.82) is 0 Å². The Kier molecular flexibility index (Phi) is 8.61. The van der Waals surface area contributed by atoms with Crippen LogP contribution < -0.4 is 16.0 Å². The molecule has 1 aromatic heterocycles. The second kappa shape index (κ2) is 12.8. The highest BCUT2D eigenvalue weighted by Crippen LogP contribution is 2.23. The molecular weight excluding hydrogens is 532 g/mol. The van der Waals surface area contributed by atoms with Crippen LogP contribution in [0.5, 0.6) is 0 Å². The van der Waals surface area contributed by atoms with Gasteiger partial charge in [-0.2, -0.15) is 0 Å². The lowest BCUT2D eigenvalue weighted by atomic mass is 10.1. The van der Waals surface area contributed by atoms with Gasteiger partial charge in [-0.3, -0.25) is 14.4 Å². The monoisotopic (exact) mass is 560 g/mol. The molecular formula is C33H28N4O3S. The van der Waals surface area contributed by atoms with Crippen LogP contribution in [0, 0.1) is 6.92 Å². The van der Waals surface area contributed by atoms with Crippen molar-refractivity contribution in [2.75, 3.05) is 16.4 Å². The number of amides is 3. The maximum Gasteiger partial charge on any atom is 0.272 e. The van der Waals surface area contributed by atoms with E-state index < -0.39 is 5.91 Å². The Morgan fingerprint density at radius 1 is 0.805 bits per heavy atom. The standard InChI is InChI=1S/C33H28N4O3S/c1-22-10-12-23(13-11-22)18-30(37-32(39)25-6-3-2-4-7-25)33(40)36-26-8-5-9-28(19-26)41-21-31(38)35-27-15-14-24-16-17-34-29(24)20-27/h2-20,34H,21H2,1H3,(H,35,38)(H,36,40)(H,37,39)/b30-18-. The first-order chi connectivity index (χ1) is 19.9. The van der Waals surface area contributed by atoms with Crippen LogP contribution in [0.2, 0.25) is 0 Å². The molecule has 0 aliphatic heterocycles. The van der Waals surface area contributed by atoms with Gasteiger partial charge in [-0.15, -0.1) is 11.8 Å². The van der Waals surface area contributed by atoms with Crippen LogP contribution in [0.25, 0.3) is 17.0 Å². The molecule has 7 nitrogen and oxygen atoms in total. The Balaban J connectivity index is 1.25. The van der Waals surface area contributed by atoms with E-state index >= 15 is 0 Å². The zero-order valence-corrected chi connectivity index (χ0v) is 23.1. The molecule has 0 saturated heterocycles. The topological polar surface area (TPSA) is 103 Å². The minimum absolute atomic E-state index is 0.110. The van der Waals surface area contributed by atoms with E-state index in [-0.39, 0.29) is 23.3 Å². The summed E-state index contributed by atoms with van der Waals surface area (Å²) >= 11 is 1.36. The number of aromatic amines is 1. The Hall–Kier alpha value is -5.08. The summed E-state index contributed by atoms with van der Waals surface area (Å²) in [7, 11) is 0.